The molecule has 0 saturated heterocycles. The Labute approximate surface area is 126 Å². The van der Waals surface area contributed by atoms with Crippen molar-refractivity contribution in [2.75, 3.05) is 0 Å². The molecule has 0 radical (unpaired) electrons. The van der Waals surface area contributed by atoms with Crippen molar-refractivity contribution in [3.05, 3.63) is 10.8 Å². The first-order valence-corrected chi connectivity index (χ1v) is 8.66. The van der Waals surface area contributed by atoms with E-state index in [2.05, 4.69) is 20.6 Å². The maximum absolute atomic E-state index is 12.4. The molecule has 7 heteroatoms. The number of nitrogens with zero attached hydrogens (tertiary/aromatic N) is 4. The summed E-state index contributed by atoms with van der Waals surface area (Å²) in [5.41, 5.74) is 0. The minimum absolute atomic E-state index is 0.0563. The summed E-state index contributed by atoms with van der Waals surface area (Å²) in [5, 5.41) is 16.4. The minimum atomic E-state index is -0.0563. The van der Waals surface area contributed by atoms with Crippen LogP contribution in [0.2, 0.25) is 0 Å². The van der Waals surface area contributed by atoms with E-state index in [1.807, 2.05) is 0 Å². The Kier molecular flexibility index (Phi) is 3.37. The fourth-order valence-electron chi connectivity index (χ4n) is 2.99. The molecule has 6 nitrogen and oxygen atoms in total. The molecule has 1 amide bonds. The van der Waals surface area contributed by atoms with E-state index < -0.39 is 0 Å². The van der Waals surface area contributed by atoms with Crippen LogP contribution in [0.25, 0.3) is 4.96 Å². The first kappa shape index (κ1) is 13.2. The fraction of sp³-hybridized carbons (Fsp3) is 0.714. The summed E-state index contributed by atoms with van der Waals surface area (Å²) in [6, 6.07) is 0.303. The molecule has 0 unspecified atom stereocenters. The average molecular weight is 305 g/mol. The third-order valence-corrected chi connectivity index (χ3v) is 5.24. The van der Waals surface area contributed by atoms with Gasteiger partial charge in [-0.05, 0) is 25.7 Å². The van der Waals surface area contributed by atoms with Gasteiger partial charge in [-0.25, -0.2) is 0 Å². The van der Waals surface area contributed by atoms with E-state index in [-0.39, 0.29) is 5.91 Å². The van der Waals surface area contributed by atoms with Gasteiger partial charge in [-0.2, -0.15) is 4.52 Å². The quantitative estimate of drug-likeness (QED) is 0.884. The molecule has 0 spiro atoms. The van der Waals surface area contributed by atoms with Crippen molar-refractivity contribution < 1.29 is 4.79 Å². The van der Waals surface area contributed by atoms with Crippen LogP contribution < -0.4 is 5.32 Å². The zero-order valence-corrected chi connectivity index (χ0v) is 12.7. The number of nitrogens with one attached hydrogen (secondary N) is 1. The molecule has 0 aromatic carbocycles. The second-order valence-corrected chi connectivity index (χ2v) is 7.05. The van der Waals surface area contributed by atoms with Gasteiger partial charge in [0.05, 0.1) is 0 Å². The third kappa shape index (κ3) is 2.66. The molecule has 2 heterocycles. The van der Waals surface area contributed by atoms with Crippen LogP contribution in [-0.4, -0.2) is 31.8 Å². The highest BCUT2D eigenvalue weighted by Crippen LogP contribution is 2.39. The van der Waals surface area contributed by atoms with E-state index in [4.69, 9.17) is 0 Å². The zero-order valence-electron chi connectivity index (χ0n) is 11.9. The molecule has 0 bridgehead atoms. The van der Waals surface area contributed by atoms with E-state index in [1.54, 1.807) is 4.52 Å². The molecule has 0 atom stereocenters. The van der Waals surface area contributed by atoms with Crippen LogP contribution in [0.15, 0.2) is 0 Å². The number of hydrogen-bond donors (Lipinski definition) is 1. The topological polar surface area (TPSA) is 72.2 Å². The van der Waals surface area contributed by atoms with Crippen molar-refractivity contribution in [2.45, 2.75) is 63.3 Å². The maximum Gasteiger partial charge on any atom is 0.282 e. The van der Waals surface area contributed by atoms with Gasteiger partial charge in [-0.15, -0.1) is 15.3 Å². The predicted molar refractivity (Wildman–Crippen MR) is 79.6 cm³/mol. The van der Waals surface area contributed by atoms with Crippen molar-refractivity contribution >= 4 is 22.2 Å². The van der Waals surface area contributed by atoms with Gasteiger partial charge in [0.15, 0.2) is 5.82 Å². The lowest BCUT2D eigenvalue weighted by Crippen LogP contribution is -2.34. The molecule has 0 aliphatic heterocycles. The van der Waals surface area contributed by atoms with Crippen LogP contribution in [0.5, 0.6) is 0 Å². The predicted octanol–water partition coefficient (Wildman–Crippen LogP) is 2.52. The van der Waals surface area contributed by atoms with Gasteiger partial charge in [-0.3, -0.25) is 4.79 Å². The van der Waals surface area contributed by atoms with Crippen LogP contribution >= 0.6 is 11.3 Å². The van der Waals surface area contributed by atoms with Crippen LogP contribution in [0.3, 0.4) is 0 Å². The Balaban J connectivity index is 1.50. The summed E-state index contributed by atoms with van der Waals surface area (Å²) in [6.07, 6.45) is 9.47. The largest absolute Gasteiger partial charge is 0.347 e. The van der Waals surface area contributed by atoms with Gasteiger partial charge in [0.25, 0.3) is 5.91 Å². The average Bonchev–Trinajstić information content (AvgIpc) is 3.17. The van der Waals surface area contributed by atoms with Gasteiger partial charge in [-0.1, -0.05) is 37.0 Å². The van der Waals surface area contributed by atoms with Gasteiger partial charge in [0, 0.05) is 12.0 Å². The first-order valence-electron chi connectivity index (χ1n) is 7.84. The van der Waals surface area contributed by atoms with Crippen molar-refractivity contribution in [3.63, 3.8) is 0 Å². The van der Waals surface area contributed by atoms with E-state index in [0.29, 0.717) is 17.0 Å². The Hall–Kier alpha value is -1.50. The number of aromatic nitrogens is 4. The van der Waals surface area contributed by atoms with Crippen LogP contribution in [0, 0.1) is 0 Å². The monoisotopic (exact) mass is 305 g/mol. The first-order chi connectivity index (χ1) is 10.3. The lowest BCUT2D eigenvalue weighted by atomic mass is 10.1. The summed E-state index contributed by atoms with van der Waals surface area (Å²) in [6.45, 7) is 0. The smallest absolute Gasteiger partial charge is 0.282 e. The Morgan fingerprint density at radius 2 is 1.86 bits per heavy atom. The zero-order chi connectivity index (χ0) is 14.2. The van der Waals surface area contributed by atoms with Crippen molar-refractivity contribution in [2.24, 2.45) is 0 Å². The molecule has 2 aliphatic carbocycles. The molecule has 21 heavy (non-hydrogen) atoms. The third-order valence-electron chi connectivity index (χ3n) is 4.34. The fourth-order valence-corrected chi connectivity index (χ4v) is 3.74. The normalized spacial score (nSPS) is 20.6. The SMILES string of the molecule is O=C(NC1CCCCCC1)c1nn2c(C3CC3)nnc2s1. The standard InChI is InChI=1S/C14H19N5OS/c20-12(15-10-5-3-1-2-4-6-10)13-18-19-11(9-7-8-9)16-17-14(19)21-13/h9-10H,1-8H2,(H,15,20). The van der Waals surface area contributed by atoms with Gasteiger partial charge in [0.1, 0.15) is 0 Å². The van der Waals surface area contributed by atoms with Gasteiger partial charge in [0.2, 0.25) is 9.97 Å². The summed E-state index contributed by atoms with van der Waals surface area (Å²) in [7, 11) is 0. The van der Waals surface area contributed by atoms with Gasteiger partial charge >= 0.3 is 0 Å². The summed E-state index contributed by atoms with van der Waals surface area (Å²) in [5.74, 6) is 1.34. The van der Waals surface area contributed by atoms with Crippen LogP contribution in [0.1, 0.15) is 72.9 Å². The molecule has 2 aromatic heterocycles. The lowest BCUT2D eigenvalue weighted by Gasteiger charge is -2.14. The van der Waals surface area contributed by atoms with E-state index in [0.717, 1.165) is 36.5 Å². The van der Waals surface area contributed by atoms with Crippen molar-refractivity contribution in [3.8, 4) is 0 Å². The number of carbonyl (C=O) groups is 1. The highest BCUT2D eigenvalue weighted by Gasteiger charge is 2.30. The summed E-state index contributed by atoms with van der Waals surface area (Å²) in [4.78, 5) is 13.1. The molecule has 2 aliphatic rings. The molecule has 1 N–H and O–H groups in total. The molecular weight excluding hydrogens is 286 g/mol. The summed E-state index contributed by atoms with van der Waals surface area (Å²) < 4.78 is 1.75. The molecule has 2 fully saturated rings. The second-order valence-electron chi connectivity index (χ2n) is 6.10. The maximum atomic E-state index is 12.4. The highest BCUT2D eigenvalue weighted by molar-refractivity contribution is 7.18. The van der Waals surface area contributed by atoms with Crippen molar-refractivity contribution in [1.29, 1.82) is 0 Å². The molecular formula is C14H19N5OS. The Morgan fingerprint density at radius 1 is 1.10 bits per heavy atom. The molecule has 2 aromatic rings. The van der Waals surface area contributed by atoms with Gasteiger partial charge < -0.3 is 5.32 Å². The van der Waals surface area contributed by atoms with E-state index >= 15 is 0 Å². The minimum Gasteiger partial charge on any atom is -0.347 e. The van der Waals surface area contributed by atoms with Crippen molar-refractivity contribution in [1.82, 2.24) is 25.1 Å². The highest BCUT2D eigenvalue weighted by atomic mass is 32.1. The Bertz CT molecular complexity index is 651. The number of hydrogen-bond acceptors (Lipinski definition) is 5. The van der Waals surface area contributed by atoms with Crippen LogP contribution in [-0.2, 0) is 0 Å². The lowest BCUT2D eigenvalue weighted by molar-refractivity contribution is 0.0932. The van der Waals surface area contributed by atoms with E-state index in [1.165, 1.54) is 37.0 Å². The second kappa shape index (κ2) is 5.36. The molecule has 2 saturated carbocycles. The molecule has 4 rings (SSSR count). The number of fused-ring (bicyclic) bond motifs is 1. The number of rotatable bonds is 3. The summed E-state index contributed by atoms with van der Waals surface area (Å²) >= 11 is 1.33. The Morgan fingerprint density at radius 3 is 2.57 bits per heavy atom. The number of amides is 1. The van der Waals surface area contributed by atoms with E-state index in [9.17, 15) is 4.79 Å². The number of carbonyl (C=O) groups excluding carboxylic acids is 1. The molecule has 112 valence electrons. The van der Waals surface area contributed by atoms with Crippen LogP contribution in [0.4, 0.5) is 0 Å².